The van der Waals surface area contributed by atoms with Crippen LogP contribution in [0.3, 0.4) is 0 Å². The van der Waals surface area contributed by atoms with Crippen molar-refractivity contribution in [2.45, 2.75) is 6.18 Å². The molecule has 0 heterocycles. The predicted molar refractivity (Wildman–Crippen MR) is 45.3 cm³/mol. The first kappa shape index (κ1) is 13.7. The molecule has 0 radical (unpaired) electrons. The Morgan fingerprint density at radius 2 is 1.77 bits per heavy atom. The summed E-state index contributed by atoms with van der Waals surface area (Å²) in [4.78, 5) is 0. The van der Waals surface area contributed by atoms with Crippen LogP contribution in [0.1, 0.15) is 5.56 Å². The number of rotatable bonds is 0. The maximum atomic E-state index is 12.0. The molecule has 1 nitrogen and oxygen atoms in total. The number of hydrogen-bond donors (Lipinski definition) is 1. The van der Waals surface area contributed by atoms with Gasteiger partial charge in [-0.05, 0) is 18.2 Å². The van der Waals surface area contributed by atoms with E-state index in [1.54, 1.807) is 0 Å². The summed E-state index contributed by atoms with van der Waals surface area (Å²) in [5, 5.41) is 8.51. The summed E-state index contributed by atoms with van der Waals surface area (Å²) < 4.78 is 35.9. The minimum absolute atomic E-state index is 0. The van der Waals surface area contributed by atoms with Gasteiger partial charge in [0.25, 0.3) is 0 Å². The van der Waals surface area contributed by atoms with Crippen LogP contribution in [0, 0.1) is 0 Å². The summed E-state index contributed by atoms with van der Waals surface area (Å²) in [6.45, 7) is 0. The third kappa shape index (κ3) is 3.77. The molecule has 0 aromatic heterocycles. The van der Waals surface area contributed by atoms with Crippen molar-refractivity contribution >= 4 is 63.0 Å². The molecule has 0 amide bonds. The quantitative estimate of drug-likeness (QED) is 0.686. The molecule has 0 unspecified atom stereocenters. The summed E-state index contributed by atoms with van der Waals surface area (Å²) in [7, 11) is 0. The van der Waals surface area contributed by atoms with E-state index in [1.165, 1.54) is 0 Å². The van der Waals surface area contributed by atoms with E-state index in [2.05, 4.69) is 0 Å². The van der Waals surface area contributed by atoms with E-state index >= 15 is 0 Å². The van der Waals surface area contributed by atoms with Crippen molar-refractivity contribution in [2.24, 2.45) is 0 Å². The molecule has 1 aromatic carbocycles. The third-order valence-corrected chi connectivity index (χ3v) is 1.58. The normalized spacial score (nSPS) is 10.8. The zero-order valence-electron chi connectivity index (χ0n) is 5.69. The second kappa shape index (κ2) is 5.00. The van der Waals surface area contributed by atoms with Gasteiger partial charge in [0, 0.05) is 0 Å². The first-order valence-electron chi connectivity index (χ1n) is 2.97. The zero-order valence-corrected chi connectivity index (χ0v) is 6.45. The van der Waals surface area contributed by atoms with Crippen LogP contribution in [0.5, 0.6) is 5.75 Å². The fourth-order valence-corrected chi connectivity index (χ4v) is 0.864. The Morgan fingerprint density at radius 3 is 2.15 bits per heavy atom. The van der Waals surface area contributed by atoms with Crippen molar-refractivity contribution in [3.8, 4) is 5.75 Å². The molecule has 0 bridgehead atoms. The van der Waals surface area contributed by atoms with Crippen LogP contribution in [0.25, 0.3) is 0 Å². The monoisotopic (exact) mass is 236 g/mol. The molecule has 6 heteroatoms. The van der Waals surface area contributed by atoms with Gasteiger partial charge in [-0.2, -0.15) is 13.2 Å². The fourth-order valence-electron chi connectivity index (χ4n) is 0.683. The molecule has 0 saturated carbocycles. The second-order valence-electron chi connectivity index (χ2n) is 2.16. The van der Waals surface area contributed by atoms with E-state index in [9.17, 15) is 13.2 Å². The molecule has 0 saturated heterocycles. The standard InChI is InChI=1S/C7H4ClF3O.K.H/c8-5-3-4(7(9,10)11)1-2-6(5)12;;/h1-3,12H;;. The van der Waals surface area contributed by atoms with Crippen molar-refractivity contribution in [1.82, 2.24) is 0 Å². The Kier molecular flexibility index (Phi) is 5.28. The van der Waals surface area contributed by atoms with E-state index in [1.807, 2.05) is 0 Å². The summed E-state index contributed by atoms with van der Waals surface area (Å²) >= 11 is 5.27. The average molecular weight is 237 g/mol. The first-order valence-corrected chi connectivity index (χ1v) is 3.35. The van der Waals surface area contributed by atoms with Crippen LogP contribution >= 0.6 is 11.6 Å². The first-order chi connectivity index (χ1) is 5.41. The van der Waals surface area contributed by atoms with Crippen molar-refractivity contribution < 1.29 is 18.3 Å². The van der Waals surface area contributed by atoms with Gasteiger partial charge in [-0.1, -0.05) is 11.6 Å². The Hall–Kier alpha value is 0.736. The van der Waals surface area contributed by atoms with Crippen LogP contribution in [0.2, 0.25) is 5.02 Å². The molecular formula is C7H5ClF3KO. The van der Waals surface area contributed by atoms with E-state index in [0.717, 1.165) is 12.1 Å². The van der Waals surface area contributed by atoms with Gasteiger partial charge >= 0.3 is 57.6 Å². The topological polar surface area (TPSA) is 20.2 Å². The number of phenolic OH excluding ortho intramolecular Hbond substituents is 1. The molecule has 68 valence electrons. The number of benzene rings is 1. The summed E-state index contributed by atoms with van der Waals surface area (Å²) in [6, 6.07) is 2.35. The molecule has 0 aliphatic heterocycles. The van der Waals surface area contributed by atoms with E-state index in [0.29, 0.717) is 6.07 Å². The van der Waals surface area contributed by atoms with Crippen LogP contribution in [-0.4, -0.2) is 56.5 Å². The molecule has 0 spiro atoms. The number of aromatic hydroxyl groups is 1. The zero-order chi connectivity index (χ0) is 9.35. The van der Waals surface area contributed by atoms with Gasteiger partial charge < -0.3 is 5.11 Å². The molecule has 13 heavy (non-hydrogen) atoms. The van der Waals surface area contributed by atoms with Gasteiger partial charge in [0.1, 0.15) is 5.75 Å². The molecule has 1 rings (SSSR count). The molecular weight excluding hydrogens is 232 g/mol. The molecule has 1 aromatic rings. The van der Waals surface area contributed by atoms with Crippen LogP contribution in [0.15, 0.2) is 18.2 Å². The van der Waals surface area contributed by atoms with Crippen molar-refractivity contribution in [3.63, 3.8) is 0 Å². The molecule has 0 atom stereocenters. The summed E-state index contributed by atoms with van der Waals surface area (Å²) in [5.74, 6) is -0.357. The van der Waals surface area contributed by atoms with Gasteiger partial charge in [-0.3, -0.25) is 0 Å². The van der Waals surface area contributed by atoms with Gasteiger partial charge in [0.2, 0.25) is 0 Å². The Morgan fingerprint density at radius 1 is 1.23 bits per heavy atom. The van der Waals surface area contributed by atoms with Crippen molar-refractivity contribution in [1.29, 1.82) is 0 Å². The van der Waals surface area contributed by atoms with Gasteiger partial charge in [0.15, 0.2) is 0 Å². The van der Waals surface area contributed by atoms with Gasteiger partial charge in [-0.25, -0.2) is 0 Å². The Balaban J connectivity index is 0.00000144. The van der Waals surface area contributed by atoms with Crippen LogP contribution < -0.4 is 0 Å². The van der Waals surface area contributed by atoms with Crippen molar-refractivity contribution in [2.75, 3.05) is 0 Å². The summed E-state index contributed by atoms with van der Waals surface area (Å²) in [5.41, 5.74) is -0.870. The van der Waals surface area contributed by atoms with Crippen molar-refractivity contribution in [3.05, 3.63) is 28.8 Å². The summed E-state index contributed by atoms with van der Waals surface area (Å²) in [6.07, 6.45) is -4.42. The Bertz CT molecular complexity index is 300. The molecule has 0 aliphatic carbocycles. The van der Waals surface area contributed by atoms with Crippen LogP contribution in [0.4, 0.5) is 13.2 Å². The number of hydrogen-bond acceptors (Lipinski definition) is 1. The molecule has 0 aliphatic rings. The van der Waals surface area contributed by atoms with Gasteiger partial charge in [0.05, 0.1) is 10.6 Å². The second-order valence-corrected chi connectivity index (χ2v) is 2.57. The maximum absolute atomic E-state index is 12.0. The Labute approximate surface area is 120 Å². The van der Waals surface area contributed by atoms with Crippen LogP contribution in [-0.2, 0) is 6.18 Å². The van der Waals surface area contributed by atoms with E-state index in [4.69, 9.17) is 16.7 Å². The van der Waals surface area contributed by atoms with Gasteiger partial charge in [-0.15, -0.1) is 0 Å². The minimum atomic E-state index is -4.42. The fraction of sp³-hybridized carbons (Fsp3) is 0.143. The number of halogens is 4. The van der Waals surface area contributed by atoms with E-state index in [-0.39, 0.29) is 62.2 Å². The predicted octanol–water partition coefficient (Wildman–Crippen LogP) is 2.42. The molecule has 1 N–H and O–H groups in total. The average Bonchev–Trinajstić information content (AvgIpc) is 1.92. The van der Waals surface area contributed by atoms with E-state index < -0.39 is 11.7 Å². The molecule has 0 fully saturated rings. The number of phenols is 1. The third-order valence-electron chi connectivity index (χ3n) is 1.28. The number of alkyl halides is 3. The SMILES string of the molecule is Oc1ccc(C(F)(F)F)cc1Cl.[KH].